The fourth-order valence-electron chi connectivity index (χ4n) is 3.40. The first kappa shape index (κ1) is 18.0. The maximum atomic E-state index is 9.75. The van der Waals surface area contributed by atoms with Crippen molar-refractivity contribution < 1.29 is 10.0 Å². The molecule has 0 aliphatic rings. The number of para-hydroxylation sites is 2. The predicted molar refractivity (Wildman–Crippen MR) is 116 cm³/mol. The molecule has 0 saturated carbocycles. The highest BCUT2D eigenvalue weighted by Gasteiger charge is 2.18. The van der Waals surface area contributed by atoms with Crippen LogP contribution in [0.3, 0.4) is 0 Å². The summed E-state index contributed by atoms with van der Waals surface area (Å²) in [5.41, 5.74) is 5.34. The van der Waals surface area contributed by atoms with Gasteiger partial charge in [0.15, 0.2) is 0 Å². The van der Waals surface area contributed by atoms with Gasteiger partial charge >= 0.3 is 7.12 Å². The molecule has 0 saturated heterocycles. The van der Waals surface area contributed by atoms with Crippen LogP contribution < -0.4 is 10.4 Å². The van der Waals surface area contributed by atoms with Gasteiger partial charge in [0, 0.05) is 17.1 Å². The zero-order valence-corrected chi connectivity index (χ0v) is 15.3. The van der Waals surface area contributed by atoms with E-state index in [2.05, 4.69) is 41.3 Å². The van der Waals surface area contributed by atoms with Crippen LogP contribution in [0.5, 0.6) is 0 Å². The Kier molecular flexibility index (Phi) is 5.24. The van der Waals surface area contributed by atoms with Crippen molar-refractivity contribution in [3.05, 3.63) is 109 Å². The Hall–Kier alpha value is -3.34. The normalized spacial score (nSPS) is 10.5. The maximum absolute atomic E-state index is 9.75. The molecule has 0 radical (unpaired) electrons. The van der Waals surface area contributed by atoms with E-state index in [4.69, 9.17) is 0 Å². The molecule has 0 aliphatic carbocycles. The lowest BCUT2D eigenvalue weighted by Gasteiger charge is -2.26. The first-order valence-corrected chi connectivity index (χ1v) is 9.20. The van der Waals surface area contributed by atoms with Gasteiger partial charge in [-0.25, -0.2) is 0 Å². The molecular formula is C24H20BNO2. The Labute approximate surface area is 165 Å². The Morgan fingerprint density at radius 3 is 1.68 bits per heavy atom. The number of anilines is 3. The van der Waals surface area contributed by atoms with Crippen molar-refractivity contribution in [3.8, 4) is 11.1 Å². The van der Waals surface area contributed by atoms with Crippen molar-refractivity contribution in [3.63, 3.8) is 0 Å². The van der Waals surface area contributed by atoms with Gasteiger partial charge < -0.3 is 14.9 Å². The first-order chi connectivity index (χ1) is 13.7. The molecule has 0 aromatic heterocycles. The molecule has 0 spiro atoms. The number of nitrogens with zero attached hydrogens (tertiary/aromatic N) is 1. The van der Waals surface area contributed by atoms with E-state index in [0.29, 0.717) is 5.46 Å². The molecule has 2 N–H and O–H groups in total. The molecule has 4 aromatic carbocycles. The molecule has 0 heterocycles. The Morgan fingerprint density at radius 2 is 1.07 bits per heavy atom. The topological polar surface area (TPSA) is 43.7 Å². The van der Waals surface area contributed by atoms with Crippen molar-refractivity contribution in [1.29, 1.82) is 0 Å². The van der Waals surface area contributed by atoms with Crippen molar-refractivity contribution >= 4 is 29.6 Å². The summed E-state index contributed by atoms with van der Waals surface area (Å²) in [6, 6.07) is 35.8. The van der Waals surface area contributed by atoms with Crippen LogP contribution in [0.2, 0.25) is 0 Å². The number of rotatable bonds is 5. The van der Waals surface area contributed by atoms with Crippen LogP contribution in [0.1, 0.15) is 0 Å². The van der Waals surface area contributed by atoms with Gasteiger partial charge in [-0.15, -0.1) is 0 Å². The molecule has 4 heteroatoms. The second-order valence-corrected chi connectivity index (χ2v) is 6.52. The molecule has 4 rings (SSSR count). The third-order valence-corrected chi connectivity index (χ3v) is 4.68. The van der Waals surface area contributed by atoms with Crippen LogP contribution >= 0.6 is 0 Å². The second kappa shape index (κ2) is 8.13. The first-order valence-electron chi connectivity index (χ1n) is 9.20. The van der Waals surface area contributed by atoms with Gasteiger partial charge in [-0.3, -0.25) is 0 Å². The zero-order chi connectivity index (χ0) is 19.3. The summed E-state index contributed by atoms with van der Waals surface area (Å²) in [5, 5.41) is 19.5. The lowest BCUT2D eigenvalue weighted by molar-refractivity contribution is 0.426. The van der Waals surface area contributed by atoms with Crippen LogP contribution in [0.15, 0.2) is 109 Å². The Morgan fingerprint density at radius 1 is 0.536 bits per heavy atom. The van der Waals surface area contributed by atoms with Crippen LogP contribution in [0.4, 0.5) is 17.1 Å². The van der Waals surface area contributed by atoms with E-state index in [9.17, 15) is 10.0 Å². The van der Waals surface area contributed by atoms with E-state index in [1.54, 1.807) is 6.07 Å². The van der Waals surface area contributed by atoms with Crippen molar-refractivity contribution in [2.24, 2.45) is 0 Å². The Bertz CT molecular complexity index is 1010. The molecule has 0 amide bonds. The molecule has 4 aromatic rings. The smallest absolute Gasteiger partial charge is 0.423 e. The summed E-state index contributed by atoms with van der Waals surface area (Å²) in [7, 11) is -1.51. The number of benzene rings is 4. The molecule has 0 unspecified atom stereocenters. The average Bonchev–Trinajstić information content (AvgIpc) is 2.76. The summed E-state index contributed by atoms with van der Waals surface area (Å²) < 4.78 is 0. The van der Waals surface area contributed by atoms with E-state index in [1.807, 2.05) is 66.7 Å². The number of hydrogen-bond acceptors (Lipinski definition) is 3. The molecule has 28 heavy (non-hydrogen) atoms. The molecular weight excluding hydrogens is 345 g/mol. The van der Waals surface area contributed by atoms with E-state index in [-0.39, 0.29) is 0 Å². The van der Waals surface area contributed by atoms with E-state index >= 15 is 0 Å². The molecule has 0 fully saturated rings. The largest absolute Gasteiger partial charge is 0.489 e. The van der Waals surface area contributed by atoms with Gasteiger partial charge in [0.05, 0.1) is 0 Å². The van der Waals surface area contributed by atoms with Crippen molar-refractivity contribution in [1.82, 2.24) is 0 Å². The van der Waals surface area contributed by atoms with Gasteiger partial charge in [0.25, 0.3) is 0 Å². The van der Waals surface area contributed by atoms with Crippen LogP contribution in [-0.4, -0.2) is 17.2 Å². The standard InChI is InChI=1S/C24H20BNO2/c27-25(28)24-17-8-7-16-23(24)19-10-9-15-22(18-19)26(20-11-3-1-4-12-20)21-13-5-2-6-14-21/h1-18,27-28H. The number of hydrogen-bond donors (Lipinski definition) is 2. The van der Waals surface area contributed by atoms with E-state index in [0.717, 1.165) is 28.2 Å². The summed E-state index contributed by atoms with van der Waals surface area (Å²) in [6.45, 7) is 0. The van der Waals surface area contributed by atoms with Crippen LogP contribution in [0, 0.1) is 0 Å². The van der Waals surface area contributed by atoms with Crippen LogP contribution in [-0.2, 0) is 0 Å². The van der Waals surface area contributed by atoms with E-state index < -0.39 is 7.12 Å². The molecule has 0 bridgehead atoms. The van der Waals surface area contributed by atoms with Gasteiger partial charge in [-0.2, -0.15) is 0 Å². The predicted octanol–water partition coefficient (Wildman–Crippen LogP) is 4.50. The van der Waals surface area contributed by atoms with Gasteiger partial charge in [-0.1, -0.05) is 72.8 Å². The van der Waals surface area contributed by atoms with Gasteiger partial charge in [0.1, 0.15) is 0 Å². The highest BCUT2D eigenvalue weighted by Crippen LogP contribution is 2.35. The minimum absolute atomic E-state index is 0.491. The molecule has 0 atom stereocenters. The lowest BCUT2D eigenvalue weighted by Crippen LogP contribution is -2.31. The summed E-state index contributed by atoms with van der Waals surface area (Å²) in [5.74, 6) is 0. The van der Waals surface area contributed by atoms with Crippen molar-refractivity contribution in [2.45, 2.75) is 0 Å². The van der Waals surface area contributed by atoms with E-state index in [1.165, 1.54) is 0 Å². The second-order valence-electron chi connectivity index (χ2n) is 6.52. The van der Waals surface area contributed by atoms with Crippen LogP contribution in [0.25, 0.3) is 11.1 Å². The summed E-state index contributed by atoms with van der Waals surface area (Å²) in [6.07, 6.45) is 0. The highest BCUT2D eigenvalue weighted by molar-refractivity contribution is 6.60. The minimum atomic E-state index is -1.51. The van der Waals surface area contributed by atoms with Gasteiger partial charge in [0.2, 0.25) is 0 Å². The molecule has 0 aliphatic heterocycles. The third kappa shape index (κ3) is 3.69. The molecule has 3 nitrogen and oxygen atoms in total. The SMILES string of the molecule is OB(O)c1ccccc1-c1cccc(N(c2ccccc2)c2ccccc2)c1. The third-order valence-electron chi connectivity index (χ3n) is 4.68. The fourth-order valence-corrected chi connectivity index (χ4v) is 3.40. The average molecular weight is 365 g/mol. The van der Waals surface area contributed by atoms with Crippen molar-refractivity contribution in [2.75, 3.05) is 4.90 Å². The monoisotopic (exact) mass is 365 g/mol. The quantitative estimate of drug-likeness (QED) is 0.512. The lowest BCUT2D eigenvalue weighted by atomic mass is 9.75. The zero-order valence-electron chi connectivity index (χ0n) is 15.3. The Balaban J connectivity index is 1.85. The maximum Gasteiger partial charge on any atom is 0.489 e. The minimum Gasteiger partial charge on any atom is -0.423 e. The van der Waals surface area contributed by atoms with Gasteiger partial charge in [-0.05, 0) is 53.0 Å². The highest BCUT2D eigenvalue weighted by atomic mass is 16.4. The summed E-state index contributed by atoms with van der Waals surface area (Å²) in [4.78, 5) is 2.18. The molecule has 136 valence electrons. The summed E-state index contributed by atoms with van der Waals surface area (Å²) >= 11 is 0. The fraction of sp³-hybridized carbons (Fsp3) is 0.